The average Bonchev–Trinajstić information content (AvgIpc) is 2.16. The maximum atomic E-state index is 11.7. The maximum Gasteiger partial charge on any atom is 0.150 e. The summed E-state index contributed by atoms with van der Waals surface area (Å²) in [6, 6.07) is 1.25. The Labute approximate surface area is 97.1 Å². The fourth-order valence-electron chi connectivity index (χ4n) is 3.81. The van der Waals surface area contributed by atoms with E-state index in [-0.39, 0.29) is 0 Å². The third-order valence-electron chi connectivity index (χ3n) is 4.38. The molecule has 4 rings (SSSR count). The van der Waals surface area contributed by atoms with Crippen molar-refractivity contribution in [2.75, 3.05) is 6.54 Å². The van der Waals surface area contributed by atoms with Crippen LogP contribution in [0.1, 0.15) is 39.5 Å². The fraction of sp³-hybridized carbons (Fsp3) is 0.923. The Morgan fingerprint density at radius 2 is 1.81 bits per heavy atom. The molecule has 0 aliphatic carbocycles. The number of hydrogen-bond acceptors (Lipinski definition) is 3. The number of rotatable bonds is 2. The molecule has 3 heteroatoms. The largest absolute Gasteiger partial charge is 0.375 e. The fourth-order valence-corrected chi connectivity index (χ4v) is 3.81. The SMILES string of the molecule is CC(C)OC1CC2CC3CC(C1)N2CC3=O. The highest BCUT2D eigenvalue weighted by molar-refractivity contribution is 5.84. The molecule has 0 spiro atoms. The Morgan fingerprint density at radius 1 is 1.19 bits per heavy atom. The standard InChI is InChI=1S/C13H21NO2/c1-8(2)16-12-5-10-3-9-4-11(6-12)14(10)7-13(9)15/h8-12H,3-7H2,1-2H3. The Kier molecular flexibility index (Phi) is 2.55. The van der Waals surface area contributed by atoms with Crippen molar-refractivity contribution in [3.8, 4) is 0 Å². The van der Waals surface area contributed by atoms with E-state index >= 15 is 0 Å². The smallest absolute Gasteiger partial charge is 0.150 e. The predicted molar refractivity (Wildman–Crippen MR) is 61.3 cm³/mol. The molecule has 0 N–H and O–H groups in total. The first-order chi connectivity index (χ1) is 7.63. The number of carbonyl (C=O) groups excluding carboxylic acids is 1. The van der Waals surface area contributed by atoms with Gasteiger partial charge in [-0.3, -0.25) is 9.69 Å². The summed E-state index contributed by atoms with van der Waals surface area (Å²) in [6.45, 7) is 4.94. The van der Waals surface area contributed by atoms with Crippen LogP contribution >= 0.6 is 0 Å². The zero-order valence-corrected chi connectivity index (χ0v) is 10.2. The number of ether oxygens (including phenoxy) is 1. The molecule has 4 aliphatic heterocycles. The van der Waals surface area contributed by atoms with E-state index in [9.17, 15) is 4.79 Å². The maximum absolute atomic E-state index is 11.7. The van der Waals surface area contributed by atoms with Crippen LogP contribution in [0.3, 0.4) is 0 Å². The average molecular weight is 223 g/mol. The van der Waals surface area contributed by atoms with E-state index in [1.54, 1.807) is 0 Å². The first-order valence-electron chi connectivity index (χ1n) is 6.57. The molecular formula is C13H21NO2. The monoisotopic (exact) mass is 223 g/mol. The highest BCUT2D eigenvalue weighted by atomic mass is 16.5. The Balaban J connectivity index is 1.70. The number of nitrogens with zero attached hydrogens (tertiary/aromatic N) is 1. The second kappa shape index (κ2) is 3.81. The van der Waals surface area contributed by atoms with Crippen LogP contribution in [0.2, 0.25) is 0 Å². The van der Waals surface area contributed by atoms with Crippen molar-refractivity contribution >= 4 is 5.78 Å². The molecule has 0 aromatic heterocycles. The molecule has 4 heterocycles. The molecule has 4 saturated heterocycles. The molecule has 0 amide bonds. The molecule has 0 radical (unpaired) electrons. The molecule has 0 aromatic rings. The molecule has 16 heavy (non-hydrogen) atoms. The molecular weight excluding hydrogens is 202 g/mol. The van der Waals surface area contributed by atoms with Crippen LogP contribution in [-0.2, 0) is 9.53 Å². The van der Waals surface area contributed by atoms with E-state index in [0.29, 0.717) is 42.5 Å². The van der Waals surface area contributed by atoms with Crippen molar-refractivity contribution < 1.29 is 9.53 Å². The van der Waals surface area contributed by atoms with Crippen LogP contribution in [0.15, 0.2) is 0 Å². The summed E-state index contributed by atoms with van der Waals surface area (Å²) >= 11 is 0. The van der Waals surface area contributed by atoms with Gasteiger partial charge in [0.05, 0.1) is 18.8 Å². The molecule has 90 valence electrons. The quantitative estimate of drug-likeness (QED) is 0.712. The predicted octanol–water partition coefficient (Wildman–Crippen LogP) is 1.61. The molecule has 3 nitrogen and oxygen atoms in total. The molecule has 4 aliphatic rings. The number of ketones is 1. The van der Waals surface area contributed by atoms with Gasteiger partial charge in [-0.05, 0) is 39.5 Å². The second-order valence-corrected chi connectivity index (χ2v) is 5.89. The minimum atomic E-state index is 0.331. The van der Waals surface area contributed by atoms with Gasteiger partial charge in [0, 0.05) is 18.0 Å². The lowest BCUT2D eigenvalue weighted by Gasteiger charge is -2.54. The first kappa shape index (κ1) is 10.7. The van der Waals surface area contributed by atoms with Crippen LogP contribution in [0.25, 0.3) is 0 Å². The van der Waals surface area contributed by atoms with Crippen LogP contribution in [0, 0.1) is 5.92 Å². The lowest BCUT2D eigenvalue weighted by Crippen LogP contribution is -2.63. The highest BCUT2D eigenvalue weighted by Crippen LogP contribution is 2.42. The minimum absolute atomic E-state index is 0.331. The third kappa shape index (κ3) is 1.70. The van der Waals surface area contributed by atoms with Crippen molar-refractivity contribution in [1.82, 2.24) is 4.90 Å². The van der Waals surface area contributed by atoms with Gasteiger partial charge in [-0.15, -0.1) is 0 Å². The van der Waals surface area contributed by atoms with Crippen molar-refractivity contribution in [2.45, 2.75) is 63.8 Å². The zero-order chi connectivity index (χ0) is 11.3. The molecule has 0 aromatic carbocycles. The van der Waals surface area contributed by atoms with Gasteiger partial charge >= 0.3 is 0 Å². The highest BCUT2D eigenvalue weighted by Gasteiger charge is 2.48. The van der Waals surface area contributed by atoms with Gasteiger partial charge in [-0.1, -0.05) is 0 Å². The molecule has 4 bridgehead atoms. The van der Waals surface area contributed by atoms with Gasteiger partial charge in [0.15, 0.2) is 0 Å². The second-order valence-electron chi connectivity index (χ2n) is 5.89. The van der Waals surface area contributed by atoms with Crippen molar-refractivity contribution in [3.05, 3.63) is 0 Å². The Hall–Kier alpha value is -0.410. The van der Waals surface area contributed by atoms with E-state index in [4.69, 9.17) is 4.74 Å². The van der Waals surface area contributed by atoms with Gasteiger partial charge in [-0.2, -0.15) is 0 Å². The van der Waals surface area contributed by atoms with Crippen molar-refractivity contribution in [1.29, 1.82) is 0 Å². The summed E-state index contributed by atoms with van der Waals surface area (Å²) in [6.07, 6.45) is 5.22. The molecule has 2 atom stereocenters. The normalized spacial score (nSPS) is 46.4. The lowest BCUT2D eigenvalue weighted by atomic mass is 9.72. The van der Waals surface area contributed by atoms with E-state index in [0.717, 1.165) is 25.7 Å². The zero-order valence-electron chi connectivity index (χ0n) is 10.2. The van der Waals surface area contributed by atoms with Crippen LogP contribution < -0.4 is 0 Å². The summed E-state index contributed by atoms with van der Waals surface area (Å²) < 4.78 is 5.95. The van der Waals surface area contributed by atoms with Crippen LogP contribution in [-0.4, -0.2) is 41.5 Å². The number of hydrogen-bond donors (Lipinski definition) is 0. The van der Waals surface area contributed by atoms with Gasteiger partial charge < -0.3 is 4.74 Å². The first-order valence-corrected chi connectivity index (χ1v) is 6.57. The van der Waals surface area contributed by atoms with Gasteiger partial charge in [0.1, 0.15) is 5.78 Å². The van der Waals surface area contributed by atoms with E-state index in [1.165, 1.54) is 0 Å². The van der Waals surface area contributed by atoms with Gasteiger partial charge in [-0.25, -0.2) is 0 Å². The minimum Gasteiger partial charge on any atom is -0.375 e. The Morgan fingerprint density at radius 3 is 2.31 bits per heavy atom. The van der Waals surface area contributed by atoms with E-state index in [2.05, 4.69) is 18.7 Å². The Bertz CT molecular complexity index is 286. The molecule has 2 unspecified atom stereocenters. The number of carbonyl (C=O) groups is 1. The van der Waals surface area contributed by atoms with Gasteiger partial charge in [0.25, 0.3) is 0 Å². The molecule has 0 saturated carbocycles. The van der Waals surface area contributed by atoms with E-state index in [1.807, 2.05) is 0 Å². The lowest BCUT2D eigenvalue weighted by molar-refractivity contribution is -0.149. The van der Waals surface area contributed by atoms with Crippen LogP contribution in [0.4, 0.5) is 0 Å². The third-order valence-corrected chi connectivity index (χ3v) is 4.38. The van der Waals surface area contributed by atoms with Crippen molar-refractivity contribution in [2.24, 2.45) is 5.92 Å². The topological polar surface area (TPSA) is 29.5 Å². The number of fused-ring (bicyclic) bond motifs is 1. The number of piperidine rings is 4. The molecule has 4 fully saturated rings. The summed E-state index contributed by atoms with van der Waals surface area (Å²) in [7, 11) is 0. The van der Waals surface area contributed by atoms with E-state index < -0.39 is 0 Å². The summed E-state index contributed by atoms with van der Waals surface area (Å²) in [4.78, 5) is 14.1. The number of Topliss-reactive ketones (excluding diaryl/α,β-unsaturated/α-hetero) is 1. The van der Waals surface area contributed by atoms with Crippen molar-refractivity contribution in [3.63, 3.8) is 0 Å². The summed E-state index contributed by atoms with van der Waals surface area (Å²) in [5.74, 6) is 0.857. The van der Waals surface area contributed by atoms with Gasteiger partial charge in [0.2, 0.25) is 0 Å². The summed E-state index contributed by atoms with van der Waals surface area (Å²) in [5, 5.41) is 0. The summed E-state index contributed by atoms with van der Waals surface area (Å²) in [5.41, 5.74) is 0. The van der Waals surface area contributed by atoms with Crippen LogP contribution in [0.5, 0.6) is 0 Å².